The maximum atomic E-state index is 9.14. The summed E-state index contributed by atoms with van der Waals surface area (Å²) in [5.74, 6) is 0.340. The number of nitrogens with two attached hydrogens (primary N) is 1. The molecule has 1 rings (SSSR count). The first-order chi connectivity index (χ1) is 6.14. The van der Waals surface area contributed by atoms with Gasteiger partial charge in [-0.2, -0.15) is 0 Å². The summed E-state index contributed by atoms with van der Waals surface area (Å²) in [7, 11) is -4.07. The lowest BCUT2D eigenvalue weighted by Gasteiger charge is -2.16. The molecule has 0 atom stereocenters. The molecule has 0 radical (unpaired) electrons. The van der Waals surface area contributed by atoms with Crippen molar-refractivity contribution in [2.75, 3.05) is 6.73 Å². The Morgan fingerprint density at radius 1 is 1.23 bits per heavy atom. The van der Waals surface area contributed by atoms with E-state index in [1.165, 1.54) is 0 Å². The summed E-state index contributed by atoms with van der Waals surface area (Å²) >= 11 is 0. The lowest BCUT2D eigenvalue weighted by molar-refractivity contribution is 0.0755. The normalized spacial score (nSPS) is 11.3. The molecule has 0 heterocycles. The van der Waals surface area contributed by atoms with Gasteiger partial charge in [0.2, 0.25) is 0 Å². The van der Waals surface area contributed by atoms with E-state index in [-0.39, 0.29) is 6.73 Å². The van der Waals surface area contributed by atoms with Gasteiger partial charge in [-0.3, -0.25) is 0 Å². The first-order valence-electron chi connectivity index (χ1n) is 3.67. The van der Waals surface area contributed by atoms with Crippen molar-refractivity contribution in [3.05, 3.63) is 30.3 Å². The van der Waals surface area contributed by atoms with Gasteiger partial charge in [-0.15, -0.1) is 0 Å². The van der Waals surface area contributed by atoms with Crippen LogP contribution in [0.2, 0.25) is 0 Å². The summed E-state index contributed by atoms with van der Waals surface area (Å²) in [5.41, 5.74) is 4.98. The topological polar surface area (TPSA) is 84.9 Å². The standard InChI is InChI=1S/C7H11NO4Si/c8-6-11-13(9,10)12-7-4-2-1-3-5-7/h1-5,9-10H,6,8H2. The van der Waals surface area contributed by atoms with E-state index in [0.717, 1.165) is 0 Å². The zero-order valence-electron chi connectivity index (χ0n) is 6.88. The summed E-state index contributed by atoms with van der Waals surface area (Å²) in [6, 6.07) is 8.39. The van der Waals surface area contributed by atoms with Gasteiger partial charge >= 0.3 is 9.05 Å². The van der Waals surface area contributed by atoms with Crippen molar-refractivity contribution in [3.63, 3.8) is 0 Å². The van der Waals surface area contributed by atoms with Crippen LogP contribution in [0.1, 0.15) is 0 Å². The summed E-state index contributed by atoms with van der Waals surface area (Å²) in [5, 5.41) is 0. The van der Waals surface area contributed by atoms with Crippen molar-refractivity contribution < 1.29 is 18.4 Å². The number of hydrogen-bond acceptors (Lipinski definition) is 5. The van der Waals surface area contributed by atoms with Crippen molar-refractivity contribution in [2.24, 2.45) is 5.73 Å². The molecule has 0 saturated carbocycles. The number of hydrogen-bond donors (Lipinski definition) is 3. The predicted molar refractivity (Wildman–Crippen MR) is 47.4 cm³/mol. The molecule has 0 aromatic heterocycles. The molecule has 0 saturated heterocycles. The van der Waals surface area contributed by atoms with Crippen LogP contribution in [0.4, 0.5) is 0 Å². The Hall–Kier alpha value is -0.923. The molecule has 0 aliphatic carbocycles. The van der Waals surface area contributed by atoms with Crippen LogP contribution in [0.25, 0.3) is 0 Å². The van der Waals surface area contributed by atoms with E-state index in [1.54, 1.807) is 30.3 Å². The van der Waals surface area contributed by atoms with Gasteiger partial charge in [-0.25, -0.2) is 0 Å². The lowest BCUT2D eigenvalue weighted by Crippen LogP contribution is -2.47. The van der Waals surface area contributed by atoms with Crippen LogP contribution in [-0.2, 0) is 4.43 Å². The summed E-state index contributed by atoms with van der Waals surface area (Å²) < 4.78 is 9.23. The first-order valence-corrected chi connectivity index (χ1v) is 5.38. The Morgan fingerprint density at radius 2 is 1.85 bits per heavy atom. The van der Waals surface area contributed by atoms with E-state index in [4.69, 9.17) is 19.8 Å². The summed E-state index contributed by atoms with van der Waals surface area (Å²) in [4.78, 5) is 18.3. The summed E-state index contributed by atoms with van der Waals surface area (Å²) in [6.07, 6.45) is 0. The molecule has 13 heavy (non-hydrogen) atoms. The molecular weight excluding hydrogens is 190 g/mol. The van der Waals surface area contributed by atoms with E-state index >= 15 is 0 Å². The molecule has 0 aliphatic heterocycles. The highest BCUT2D eigenvalue weighted by Gasteiger charge is 2.38. The third-order valence-corrected chi connectivity index (χ3v) is 2.31. The van der Waals surface area contributed by atoms with Gasteiger partial charge in [0.25, 0.3) is 0 Å². The van der Waals surface area contributed by atoms with E-state index in [2.05, 4.69) is 4.43 Å². The fourth-order valence-electron chi connectivity index (χ4n) is 0.780. The molecule has 6 heteroatoms. The van der Waals surface area contributed by atoms with Crippen molar-refractivity contribution in [1.82, 2.24) is 0 Å². The van der Waals surface area contributed by atoms with E-state index in [9.17, 15) is 0 Å². The van der Waals surface area contributed by atoms with Crippen molar-refractivity contribution in [3.8, 4) is 5.75 Å². The highest BCUT2D eigenvalue weighted by molar-refractivity contribution is 6.51. The third kappa shape index (κ3) is 3.53. The minimum Gasteiger partial charge on any atom is -0.480 e. The fourth-order valence-corrected chi connectivity index (χ4v) is 1.50. The Labute approximate surface area is 76.8 Å². The van der Waals surface area contributed by atoms with Crippen LogP contribution in [0.5, 0.6) is 5.75 Å². The van der Waals surface area contributed by atoms with Crippen LogP contribution in [0.3, 0.4) is 0 Å². The predicted octanol–water partition coefficient (Wildman–Crippen LogP) is -0.582. The molecule has 0 spiro atoms. The van der Waals surface area contributed by atoms with Gasteiger partial charge in [-0.05, 0) is 12.1 Å². The van der Waals surface area contributed by atoms with Crippen LogP contribution in [-0.4, -0.2) is 25.4 Å². The molecule has 1 aromatic carbocycles. The Kier molecular flexibility index (Phi) is 3.40. The van der Waals surface area contributed by atoms with E-state index in [0.29, 0.717) is 5.75 Å². The van der Waals surface area contributed by atoms with Crippen LogP contribution in [0.15, 0.2) is 30.3 Å². The van der Waals surface area contributed by atoms with Gasteiger partial charge in [0.1, 0.15) is 5.75 Å². The summed E-state index contributed by atoms with van der Waals surface area (Å²) in [6.45, 7) is -0.286. The van der Waals surface area contributed by atoms with Gasteiger partial charge in [0.05, 0.1) is 6.73 Å². The molecular formula is C7H11NO4Si. The van der Waals surface area contributed by atoms with Crippen LogP contribution in [0, 0.1) is 0 Å². The monoisotopic (exact) mass is 201 g/mol. The minimum absolute atomic E-state index is 0.286. The second-order valence-electron chi connectivity index (χ2n) is 2.27. The van der Waals surface area contributed by atoms with Crippen molar-refractivity contribution in [2.45, 2.75) is 0 Å². The van der Waals surface area contributed by atoms with Gasteiger partial charge < -0.3 is 24.2 Å². The molecule has 0 aliphatic rings. The maximum Gasteiger partial charge on any atom is 0.745 e. The van der Waals surface area contributed by atoms with Gasteiger partial charge in [0.15, 0.2) is 0 Å². The fraction of sp³-hybridized carbons (Fsp3) is 0.143. The number of rotatable bonds is 4. The molecule has 1 aromatic rings. The van der Waals surface area contributed by atoms with E-state index in [1.807, 2.05) is 0 Å². The molecule has 5 nitrogen and oxygen atoms in total. The average molecular weight is 201 g/mol. The van der Waals surface area contributed by atoms with Gasteiger partial charge in [-0.1, -0.05) is 18.2 Å². The van der Waals surface area contributed by atoms with Crippen LogP contribution < -0.4 is 10.2 Å². The average Bonchev–Trinajstić information content (AvgIpc) is 2.04. The number of para-hydroxylation sites is 1. The number of benzene rings is 1. The highest BCUT2D eigenvalue weighted by atomic mass is 28.4. The zero-order valence-corrected chi connectivity index (χ0v) is 7.88. The second-order valence-corrected chi connectivity index (χ2v) is 3.86. The molecule has 0 unspecified atom stereocenters. The van der Waals surface area contributed by atoms with Gasteiger partial charge in [0, 0.05) is 0 Å². The maximum absolute atomic E-state index is 9.14. The molecule has 72 valence electrons. The molecule has 0 bridgehead atoms. The largest absolute Gasteiger partial charge is 0.745 e. The Morgan fingerprint density at radius 3 is 2.38 bits per heavy atom. The smallest absolute Gasteiger partial charge is 0.480 e. The molecule has 0 amide bonds. The van der Waals surface area contributed by atoms with Crippen molar-refractivity contribution >= 4 is 9.05 Å². The Bertz CT molecular complexity index is 254. The molecule has 0 fully saturated rings. The zero-order chi connectivity index (χ0) is 9.73. The highest BCUT2D eigenvalue weighted by Crippen LogP contribution is 2.12. The first kappa shape index (κ1) is 10.2. The van der Waals surface area contributed by atoms with E-state index < -0.39 is 9.05 Å². The van der Waals surface area contributed by atoms with Crippen molar-refractivity contribution in [1.29, 1.82) is 0 Å². The lowest BCUT2D eigenvalue weighted by atomic mass is 10.3. The SMILES string of the molecule is NCO[Si](O)(O)Oc1ccccc1. The Balaban J connectivity index is 2.58. The third-order valence-electron chi connectivity index (χ3n) is 1.27. The van der Waals surface area contributed by atoms with Crippen LogP contribution >= 0.6 is 0 Å². The minimum atomic E-state index is -4.07. The quantitative estimate of drug-likeness (QED) is 0.448. The second kappa shape index (κ2) is 4.35. The molecule has 4 N–H and O–H groups in total.